The molecule has 7 N–H and O–H groups in total. The first kappa shape index (κ1) is 83.8. The van der Waals surface area contributed by atoms with E-state index in [9.17, 15) is 44.1 Å². The number of nitrogens with one attached hydrogen (secondary N) is 4. The van der Waals surface area contributed by atoms with Gasteiger partial charge in [-0.05, 0) is 109 Å². The quantitative estimate of drug-likeness (QED) is 0.0679. The molecule has 1 fully saturated rings. The van der Waals surface area contributed by atoms with Crippen LogP contribution in [0.4, 0.5) is 0 Å². The monoisotopic (exact) mass is 1310 g/mol. The van der Waals surface area contributed by atoms with Crippen molar-refractivity contribution in [2.24, 2.45) is 35.5 Å². The van der Waals surface area contributed by atoms with E-state index in [1.807, 2.05) is 41.5 Å². The molecule has 0 saturated carbocycles. The second-order valence-corrected chi connectivity index (χ2v) is 27.8. The minimum atomic E-state index is -1.69. The summed E-state index contributed by atoms with van der Waals surface area (Å²) in [6.07, 6.45) is 2.25. The van der Waals surface area contributed by atoms with Crippen LogP contribution in [0.2, 0.25) is 0 Å². The highest BCUT2D eigenvalue weighted by atomic mass is 16.5. The predicted molar refractivity (Wildman–Crippen MR) is 351 cm³/mol. The minimum Gasteiger partial charge on any atom is -0.396 e. The number of nitrogens with zero attached hydrogens (tertiary/aromatic N) is 7. The molecule has 13 atom stereocenters. The summed E-state index contributed by atoms with van der Waals surface area (Å²) in [6, 6.07) is -14.9. The Kier molecular flexibility index (Phi) is 34.8. The number of aliphatic hydroxyl groups excluding tert-OH is 2. The van der Waals surface area contributed by atoms with Crippen LogP contribution in [0, 0.1) is 35.5 Å². The lowest BCUT2D eigenvalue weighted by molar-refractivity contribution is -0.157. The van der Waals surface area contributed by atoms with Crippen molar-refractivity contribution in [3.63, 3.8) is 0 Å². The first-order valence-corrected chi connectivity index (χ1v) is 32.8. The van der Waals surface area contributed by atoms with Crippen molar-refractivity contribution in [3.8, 4) is 0 Å². The number of aliphatic hydroxyl groups is 3. The first-order chi connectivity index (χ1) is 42.5. The maximum Gasteiger partial charge on any atom is 0.248 e. The number of carbonyl (C=O) groups excluding carboxylic acids is 11. The fourth-order valence-electron chi connectivity index (χ4n) is 11.3. The van der Waals surface area contributed by atoms with Crippen LogP contribution in [0.1, 0.15) is 163 Å². The Bertz CT molecular complexity index is 2500. The fourth-order valence-corrected chi connectivity index (χ4v) is 11.3. The Morgan fingerprint density at radius 1 is 0.511 bits per heavy atom. The van der Waals surface area contributed by atoms with Crippen LogP contribution in [0.25, 0.3) is 0 Å². The zero-order chi connectivity index (χ0) is 71.3. The van der Waals surface area contributed by atoms with E-state index in [4.69, 9.17) is 4.74 Å². The van der Waals surface area contributed by atoms with Gasteiger partial charge >= 0.3 is 0 Å². The molecule has 0 unspecified atom stereocenters. The molecule has 0 bridgehead atoms. The van der Waals surface area contributed by atoms with Crippen LogP contribution in [0.3, 0.4) is 0 Å². The van der Waals surface area contributed by atoms with Gasteiger partial charge in [0, 0.05) is 69.0 Å². The van der Waals surface area contributed by atoms with Gasteiger partial charge in [-0.15, -0.1) is 0 Å². The van der Waals surface area contributed by atoms with Crippen molar-refractivity contribution >= 4 is 65.0 Å². The number of hydrogen-bond donors (Lipinski definition) is 7. The molecule has 26 nitrogen and oxygen atoms in total. The van der Waals surface area contributed by atoms with Crippen molar-refractivity contribution in [2.45, 2.75) is 241 Å². The number of allylic oxidation sites excluding steroid dienone is 2. The van der Waals surface area contributed by atoms with Gasteiger partial charge in [0.05, 0.1) is 18.3 Å². The normalized spacial score (nSPS) is 26.7. The molecule has 1 aliphatic heterocycles. The lowest BCUT2D eigenvalue weighted by Crippen LogP contribution is -2.64. The number of hydrogen-bond acceptors (Lipinski definition) is 15. The molecule has 528 valence electrons. The molecule has 0 radical (unpaired) electrons. The first-order valence-electron chi connectivity index (χ1n) is 32.8. The summed E-state index contributed by atoms with van der Waals surface area (Å²) in [6.45, 7) is 27.7. The molecule has 0 aromatic heterocycles. The summed E-state index contributed by atoms with van der Waals surface area (Å²) in [5, 5.41) is 44.0. The smallest absolute Gasteiger partial charge is 0.248 e. The molecular formula is C66H119N11O15. The highest BCUT2D eigenvalue weighted by Crippen LogP contribution is 2.26. The maximum atomic E-state index is 15.3. The van der Waals surface area contributed by atoms with Gasteiger partial charge in [0.1, 0.15) is 66.5 Å². The third-order valence-corrected chi connectivity index (χ3v) is 17.1. The summed E-state index contributed by atoms with van der Waals surface area (Å²) in [5.74, 6) is -10.9. The number of ether oxygens (including phenoxy) is 1. The third-order valence-electron chi connectivity index (χ3n) is 17.1. The van der Waals surface area contributed by atoms with Gasteiger partial charge in [-0.2, -0.15) is 0 Å². The predicted octanol–water partition coefficient (Wildman–Crippen LogP) is 2.15. The van der Waals surface area contributed by atoms with Gasteiger partial charge in [-0.25, -0.2) is 0 Å². The van der Waals surface area contributed by atoms with E-state index in [-0.39, 0.29) is 69.5 Å². The van der Waals surface area contributed by atoms with E-state index >= 15 is 24.0 Å². The highest BCUT2D eigenvalue weighted by Gasteiger charge is 2.47. The lowest BCUT2D eigenvalue weighted by atomic mass is 9.91. The summed E-state index contributed by atoms with van der Waals surface area (Å²) >= 11 is 0. The summed E-state index contributed by atoms with van der Waals surface area (Å²) < 4.78 is 5.86. The van der Waals surface area contributed by atoms with Gasteiger partial charge in [0.2, 0.25) is 65.0 Å². The Labute approximate surface area is 549 Å². The molecule has 1 heterocycles. The highest BCUT2D eigenvalue weighted by molar-refractivity contribution is 6.00. The van der Waals surface area contributed by atoms with Crippen LogP contribution >= 0.6 is 0 Å². The Morgan fingerprint density at radius 3 is 1.41 bits per heavy atom. The molecule has 1 rings (SSSR count). The summed E-state index contributed by atoms with van der Waals surface area (Å²) in [7, 11) is 9.57. The Hall–Kier alpha value is -6.25. The molecule has 0 spiro atoms. The zero-order valence-electron chi connectivity index (χ0n) is 60.0. The molecule has 0 aliphatic carbocycles. The van der Waals surface area contributed by atoms with Crippen LogP contribution in [-0.4, -0.2) is 262 Å². The van der Waals surface area contributed by atoms with Gasteiger partial charge < -0.3 is 75.6 Å². The molecule has 1 saturated heterocycles. The minimum absolute atomic E-state index is 0.0611. The van der Waals surface area contributed by atoms with E-state index in [1.54, 1.807) is 60.6 Å². The van der Waals surface area contributed by atoms with Crippen molar-refractivity contribution in [1.29, 1.82) is 0 Å². The number of likely N-dealkylation sites (N-methyl/N-ethyl adjacent to an activating group) is 7. The van der Waals surface area contributed by atoms with Crippen molar-refractivity contribution in [3.05, 3.63) is 12.2 Å². The average Bonchev–Trinajstić information content (AvgIpc) is 0.865. The van der Waals surface area contributed by atoms with E-state index < -0.39 is 174 Å². The topological polar surface area (TPSA) is 328 Å². The standard InChI is InChI=1S/C66H119N11O15/c1-25-27-29-42(13)54(79)53-58(83)69-45(26-2)60(85)75(22)50(36-92-31-28-30-78)63(88)74(21)49(35-66(16,17)91)57(82)70-51(40(9)10)64(89)71(18)46(32-37(3)4)56(81)67-43(14)55(80)68-44(15)59(84)72(19)47(33-38(5)6)61(86)73(20)48(34-39(7)8)62(87)76(23)52(41(11)12)65(90)77(53)24/h25,27,37-54,78-79,91H,26,28-36H2,1-24H3,(H,67,81)(H,68,80)(H,69,83)(H,70,82)/b27-25+/t42-,43+,44-,45+,46+,47+,48+,49+,50-,51+,52+,53+,54-/m1/s1. The largest absolute Gasteiger partial charge is 0.396 e. The van der Waals surface area contributed by atoms with E-state index in [0.717, 1.165) is 14.7 Å². The number of rotatable bonds is 20. The SMILES string of the molecule is C/C=C/C[C@@H](C)[C@@H](O)[C@H]1C(=O)N[C@@H](CC)C(=O)N(C)[C@H](COCCCO)C(=O)N(C)[C@@H](CC(C)(C)O)C(=O)N[C@@H](C(C)C)C(=O)N(C)[C@@H](CC(C)C)C(=O)N[C@@H](C)C(=O)N[C@H](C)C(=O)N(C)[C@@H](CC(C)C)C(=O)N(C)[C@@H](CC(C)C)C(=O)N(C)[C@@H](C(C)C)C(=O)N1C. The van der Waals surface area contributed by atoms with Gasteiger partial charge in [-0.1, -0.05) is 95.2 Å². The van der Waals surface area contributed by atoms with Crippen molar-refractivity contribution in [1.82, 2.24) is 55.6 Å². The fraction of sp³-hybridized carbons (Fsp3) is 0.803. The summed E-state index contributed by atoms with van der Waals surface area (Å²) in [4.78, 5) is 171. The second-order valence-electron chi connectivity index (χ2n) is 27.8. The zero-order valence-corrected chi connectivity index (χ0v) is 60.0. The second kappa shape index (κ2) is 38.2. The molecular weight excluding hydrogens is 1190 g/mol. The van der Waals surface area contributed by atoms with Crippen molar-refractivity contribution < 1.29 is 72.8 Å². The van der Waals surface area contributed by atoms with Crippen LogP contribution in [-0.2, 0) is 57.5 Å². The Morgan fingerprint density at radius 2 is 0.946 bits per heavy atom. The van der Waals surface area contributed by atoms with Gasteiger partial charge in [0.15, 0.2) is 0 Å². The maximum absolute atomic E-state index is 15.3. The van der Waals surface area contributed by atoms with Crippen LogP contribution in [0.15, 0.2) is 12.2 Å². The number of amides is 11. The van der Waals surface area contributed by atoms with E-state index in [2.05, 4.69) is 21.3 Å². The molecule has 0 aromatic carbocycles. The molecule has 11 amide bonds. The van der Waals surface area contributed by atoms with Crippen LogP contribution < -0.4 is 21.3 Å². The molecule has 0 aromatic rings. The molecule has 1 aliphatic rings. The average molecular weight is 1310 g/mol. The molecule has 26 heteroatoms. The van der Waals surface area contributed by atoms with Crippen molar-refractivity contribution in [2.75, 3.05) is 69.2 Å². The molecule has 92 heavy (non-hydrogen) atoms. The van der Waals surface area contributed by atoms with Gasteiger partial charge in [0.25, 0.3) is 0 Å². The van der Waals surface area contributed by atoms with Crippen LogP contribution in [0.5, 0.6) is 0 Å². The Balaban J connectivity index is 4.55. The van der Waals surface area contributed by atoms with E-state index in [1.165, 1.54) is 96.6 Å². The van der Waals surface area contributed by atoms with E-state index in [0.29, 0.717) is 0 Å². The third kappa shape index (κ3) is 23.9. The van der Waals surface area contributed by atoms with Gasteiger partial charge in [-0.3, -0.25) is 52.7 Å². The summed E-state index contributed by atoms with van der Waals surface area (Å²) in [5.41, 5.74) is -1.63. The lowest BCUT2D eigenvalue weighted by Gasteiger charge is -2.41. The number of carbonyl (C=O) groups is 11.